The minimum Gasteiger partial charge on any atom is -0.368 e. The summed E-state index contributed by atoms with van der Waals surface area (Å²) in [6.45, 7) is 2.00. The molecule has 0 aromatic carbocycles. The van der Waals surface area contributed by atoms with Gasteiger partial charge in [0.1, 0.15) is 0 Å². The van der Waals surface area contributed by atoms with Gasteiger partial charge in [-0.3, -0.25) is 4.79 Å². The third-order valence-corrected chi connectivity index (χ3v) is 2.78. The quantitative estimate of drug-likeness (QED) is 0.714. The smallest absolute Gasteiger partial charge is 0.234 e. The lowest BCUT2D eigenvalue weighted by Gasteiger charge is -2.05. The van der Waals surface area contributed by atoms with Gasteiger partial charge in [0.05, 0.1) is 6.04 Å². The van der Waals surface area contributed by atoms with E-state index in [0.29, 0.717) is 6.42 Å². The number of amides is 1. The lowest BCUT2D eigenvalue weighted by atomic mass is 10.1. The maximum Gasteiger partial charge on any atom is 0.234 e. The lowest BCUT2D eigenvalue weighted by Crippen LogP contribution is -2.38. The summed E-state index contributed by atoms with van der Waals surface area (Å²) in [5.74, 6) is -0.442. The number of carbonyl (C=O) groups excluding carboxylic acids is 1. The van der Waals surface area contributed by atoms with Crippen LogP contribution in [0.15, 0.2) is 11.4 Å². The molecule has 0 spiro atoms. The standard InChI is InChI=1S/C8H12N2OS/c1-5-2-3-12-7(5)4-6(9)8(10)11/h2-3,6H,4,9H2,1H3,(H2,10,11). The van der Waals surface area contributed by atoms with E-state index in [1.54, 1.807) is 11.3 Å². The molecule has 0 bridgehead atoms. The van der Waals surface area contributed by atoms with Gasteiger partial charge in [-0.2, -0.15) is 0 Å². The maximum absolute atomic E-state index is 10.6. The monoisotopic (exact) mass is 184 g/mol. The van der Waals surface area contributed by atoms with Gasteiger partial charge in [-0.15, -0.1) is 11.3 Å². The van der Waals surface area contributed by atoms with Crippen LogP contribution in [-0.2, 0) is 11.2 Å². The predicted octanol–water partition coefficient (Wildman–Crippen LogP) is 0.412. The average molecular weight is 184 g/mol. The first-order valence-electron chi connectivity index (χ1n) is 3.69. The van der Waals surface area contributed by atoms with Crippen LogP contribution in [0.3, 0.4) is 0 Å². The topological polar surface area (TPSA) is 69.1 Å². The third kappa shape index (κ3) is 2.06. The van der Waals surface area contributed by atoms with Crippen LogP contribution in [0.4, 0.5) is 0 Å². The highest BCUT2D eigenvalue weighted by Gasteiger charge is 2.11. The number of primary amides is 1. The number of rotatable bonds is 3. The molecule has 1 aromatic heterocycles. The van der Waals surface area contributed by atoms with Crippen LogP contribution >= 0.6 is 11.3 Å². The zero-order valence-electron chi connectivity index (χ0n) is 6.91. The molecule has 0 aliphatic heterocycles. The van der Waals surface area contributed by atoms with Gasteiger partial charge >= 0.3 is 0 Å². The Morgan fingerprint density at radius 3 is 2.83 bits per heavy atom. The van der Waals surface area contributed by atoms with E-state index >= 15 is 0 Å². The first-order valence-corrected chi connectivity index (χ1v) is 4.57. The zero-order valence-corrected chi connectivity index (χ0v) is 7.73. The normalized spacial score (nSPS) is 12.8. The molecular weight excluding hydrogens is 172 g/mol. The van der Waals surface area contributed by atoms with Gasteiger partial charge < -0.3 is 11.5 Å². The van der Waals surface area contributed by atoms with Crippen molar-refractivity contribution in [3.63, 3.8) is 0 Å². The Morgan fingerprint density at radius 2 is 2.42 bits per heavy atom. The van der Waals surface area contributed by atoms with Gasteiger partial charge in [-0.25, -0.2) is 0 Å². The fourth-order valence-corrected chi connectivity index (χ4v) is 1.88. The summed E-state index contributed by atoms with van der Waals surface area (Å²) < 4.78 is 0. The van der Waals surface area contributed by atoms with Crippen molar-refractivity contribution in [1.29, 1.82) is 0 Å². The van der Waals surface area contributed by atoms with Crippen LogP contribution in [0.25, 0.3) is 0 Å². The molecule has 1 atom stereocenters. The number of nitrogens with two attached hydrogens (primary N) is 2. The third-order valence-electron chi connectivity index (χ3n) is 1.74. The minimum absolute atomic E-state index is 0.442. The lowest BCUT2D eigenvalue weighted by molar-refractivity contribution is -0.119. The minimum atomic E-state index is -0.553. The van der Waals surface area contributed by atoms with E-state index in [9.17, 15) is 4.79 Å². The summed E-state index contributed by atoms with van der Waals surface area (Å²) in [5, 5.41) is 1.98. The molecule has 1 rings (SSSR count). The molecule has 0 aliphatic rings. The van der Waals surface area contributed by atoms with Crippen molar-refractivity contribution < 1.29 is 4.79 Å². The van der Waals surface area contributed by atoms with Gasteiger partial charge in [0.25, 0.3) is 0 Å². The Bertz CT molecular complexity index is 282. The number of thiophene rings is 1. The van der Waals surface area contributed by atoms with E-state index < -0.39 is 11.9 Å². The largest absolute Gasteiger partial charge is 0.368 e. The Hall–Kier alpha value is -0.870. The summed E-state index contributed by atoms with van der Waals surface area (Å²) in [5.41, 5.74) is 11.7. The van der Waals surface area contributed by atoms with Crippen molar-refractivity contribution in [3.8, 4) is 0 Å². The summed E-state index contributed by atoms with van der Waals surface area (Å²) in [4.78, 5) is 11.8. The van der Waals surface area contributed by atoms with Crippen molar-refractivity contribution >= 4 is 17.2 Å². The second-order valence-electron chi connectivity index (χ2n) is 2.74. The van der Waals surface area contributed by atoms with Gasteiger partial charge in [-0.05, 0) is 23.9 Å². The van der Waals surface area contributed by atoms with E-state index in [4.69, 9.17) is 11.5 Å². The Morgan fingerprint density at radius 1 is 1.75 bits per heavy atom. The zero-order chi connectivity index (χ0) is 9.14. The molecule has 1 amide bonds. The van der Waals surface area contributed by atoms with Crippen molar-refractivity contribution in [3.05, 3.63) is 21.9 Å². The first kappa shape index (κ1) is 9.22. The molecule has 4 heteroatoms. The molecule has 0 radical (unpaired) electrons. The van der Waals surface area contributed by atoms with Crippen LogP contribution in [0.2, 0.25) is 0 Å². The van der Waals surface area contributed by atoms with Gasteiger partial charge in [0.15, 0.2) is 0 Å². The molecule has 1 unspecified atom stereocenters. The number of carbonyl (C=O) groups is 1. The van der Waals surface area contributed by atoms with E-state index in [-0.39, 0.29) is 0 Å². The summed E-state index contributed by atoms with van der Waals surface area (Å²) in [7, 11) is 0. The van der Waals surface area contributed by atoms with Gasteiger partial charge in [-0.1, -0.05) is 0 Å². The van der Waals surface area contributed by atoms with Crippen molar-refractivity contribution in [1.82, 2.24) is 0 Å². The number of aryl methyl sites for hydroxylation is 1. The number of hydrogen-bond acceptors (Lipinski definition) is 3. The molecule has 1 aromatic rings. The van der Waals surface area contributed by atoms with E-state index in [1.165, 1.54) is 5.56 Å². The summed E-state index contributed by atoms with van der Waals surface area (Å²) in [6, 6.07) is 1.45. The highest BCUT2D eigenvalue weighted by atomic mass is 32.1. The Kier molecular flexibility index (Phi) is 2.83. The molecule has 66 valence electrons. The van der Waals surface area contributed by atoms with Crippen molar-refractivity contribution in [2.75, 3.05) is 0 Å². The molecule has 0 aliphatic carbocycles. The molecule has 0 saturated carbocycles. The molecule has 4 N–H and O–H groups in total. The van der Waals surface area contributed by atoms with Gasteiger partial charge in [0, 0.05) is 11.3 Å². The van der Waals surface area contributed by atoms with Crippen molar-refractivity contribution in [2.24, 2.45) is 11.5 Å². The summed E-state index contributed by atoms with van der Waals surface area (Å²) in [6.07, 6.45) is 0.554. The fraction of sp³-hybridized carbons (Fsp3) is 0.375. The molecule has 3 nitrogen and oxygen atoms in total. The van der Waals surface area contributed by atoms with E-state index in [1.807, 2.05) is 18.4 Å². The summed E-state index contributed by atoms with van der Waals surface area (Å²) >= 11 is 1.61. The molecule has 0 saturated heterocycles. The van der Waals surface area contributed by atoms with E-state index in [2.05, 4.69) is 0 Å². The number of hydrogen-bond donors (Lipinski definition) is 2. The van der Waals surface area contributed by atoms with Crippen LogP contribution in [0.5, 0.6) is 0 Å². The Balaban J connectivity index is 2.64. The van der Waals surface area contributed by atoms with Crippen LogP contribution < -0.4 is 11.5 Å². The highest BCUT2D eigenvalue weighted by molar-refractivity contribution is 7.10. The SMILES string of the molecule is Cc1ccsc1CC(N)C(N)=O. The predicted molar refractivity (Wildman–Crippen MR) is 49.9 cm³/mol. The van der Waals surface area contributed by atoms with Crippen LogP contribution in [0, 0.1) is 6.92 Å². The second kappa shape index (κ2) is 3.69. The second-order valence-corrected chi connectivity index (χ2v) is 3.74. The molecular formula is C8H12N2OS. The maximum atomic E-state index is 10.6. The molecule has 0 fully saturated rings. The fourth-order valence-electron chi connectivity index (χ4n) is 0.914. The highest BCUT2D eigenvalue weighted by Crippen LogP contribution is 2.16. The van der Waals surface area contributed by atoms with Crippen LogP contribution in [0.1, 0.15) is 10.4 Å². The van der Waals surface area contributed by atoms with Crippen LogP contribution in [-0.4, -0.2) is 11.9 Å². The van der Waals surface area contributed by atoms with Crippen molar-refractivity contribution in [2.45, 2.75) is 19.4 Å². The first-order chi connectivity index (χ1) is 5.61. The van der Waals surface area contributed by atoms with Gasteiger partial charge in [0.2, 0.25) is 5.91 Å². The molecule has 1 heterocycles. The molecule has 12 heavy (non-hydrogen) atoms. The average Bonchev–Trinajstić information content (AvgIpc) is 2.36. The Labute approximate surface area is 75.4 Å². The van der Waals surface area contributed by atoms with E-state index in [0.717, 1.165) is 4.88 Å².